The van der Waals surface area contributed by atoms with E-state index >= 15 is 0 Å². The first-order valence-electron chi connectivity index (χ1n) is 10.5. The molecule has 0 saturated carbocycles. The molecule has 154 valence electrons. The Kier molecular flexibility index (Phi) is 5.81. The fraction of sp³-hybridized carbons (Fsp3) is 0. The number of rotatable bonds is 4. The van der Waals surface area contributed by atoms with Crippen molar-refractivity contribution in [3.8, 4) is 44.5 Å². The molecule has 0 nitrogen and oxygen atoms in total. The van der Waals surface area contributed by atoms with Gasteiger partial charge in [0.2, 0.25) is 0 Å². The van der Waals surface area contributed by atoms with Crippen LogP contribution in [0.15, 0.2) is 121 Å². The third-order valence-corrected chi connectivity index (χ3v) is 6.38. The van der Waals surface area contributed by atoms with E-state index in [1.807, 2.05) is 72.8 Å². The minimum atomic E-state index is 0.658. The highest BCUT2D eigenvalue weighted by molar-refractivity contribution is 6.44. The molecule has 0 heterocycles. The Morgan fingerprint density at radius 3 is 0.844 bits per heavy atom. The van der Waals surface area contributed by atoms with Crippen molar-refractivity contribution in [2.75, 3.05) is 0 Å². The van der Waals surface area contributed by atoms with Gasteiger partial charge in [0.1, 0.15) is 0 Å². The van der Waals surface area contributed by atoms with Gasteiger partial charge in [-0.25, -0.2) is 0 Å². The molecule has 5 aromatic rings. The fourth-order valence-electron chi connectivity index (χ4n) is 4.19. The van der Waals surface area contributed by atoms with Crippen LogP contribution in [-0.4, -0.2) is 0 Å². The number of hydrogen-bond acceptors (Lipinski definition) is 0. The maximum absolute atomic E-state index is 7.21. The van der Waals surface area contributed by atoms with E-state index in [0.29, 0.717) is 10.0 Å². The molecule has 5 rings (SSSR count). The fourth-order valence-corrected chi connectivity index (χ4v) is 5.06. The highest BCUT2D eigenvalue weighted by Crippen LogP contribution is 2.52. The van der Waals surface area contributed by atoms with E-state index in [9.17, 15) is 0 Å². The van der Waals surface area contributed by atoms with E-state index < -0.39 is 0 Å². The van der Waals surface area contributed by atoms with Gasteiger partial charge in [0.25, 0.3) is 0 Å². The van der Waals surface area contributed by atoms with E-state index in [1.54, 1.807) is 0 Å². The van der Waals surface area contributed by atoms with Gasteiger partial charge in [-0.3, -0.25) is 0 Å². The molecule has 32 heavy (non-hydrogen) atoms. The zero-order valence-electron chi connectivity index (χ0n) is 17.3. The molecule has 0 atom stereocenters. The van der Waals surface area contributed by atoms with E-state index in [-0.39, 0.29) is 0 Å². The summed E-state index contributed by atoms with van der Waals surface area (Å²) in [5.41, 5.74) is 8.06. The summed E-state index contributed by atoms with van der Waals surface area (Å²) in [5, 5.41) is 1.32. The van der Waals surface area contributed by atoms with Crippen LogP contribution in [0.3, 0.4) is 0 Å². The SMILES string of the molecule is Clc1c(-c2ccccc2)c(Cl)c(-c2ccccc2)c(-c2ccccc2)c1-c1ccccc1. The molecular formula is C30H20Cl2. The summed E-state index contributed by atoms with van der Waals surface area (Å²) in [6, 6.07) is 41.1. The van der Waals surface area contributed by atoms with Gasteiger partial charge in [-0.15, -0.1) is 0 Å². The highest BCUT2D eigenvalue weighted by Gasteiger charge is 2.25. The summed E-state index contributed by atoms with van der Waals surface area (Å²) >= 11 is 14.4. The summed E-state index contributed by atoms with van der Waals surface area (Å²) in [7, 11) is 0. The first-order chi connectivity index (χ1) is 15.8. The Labute approximate surface area is 198 Å². The number of benzene rings is 5. The molecule has 0 aliphatic rings. The van der Waals surface area contributed by atoms with Crippen LogP contribution in [0.1, 0.15) is 0 Å². The van der Waals surface area contributed by atoms with Crippen LogP contribution >= 0.6 is 23.2 Å². The second-order valence-electron chi connectivity index (χ2n) is 7.59. The minimum Gasteiger partial charge on any atom is -0.0829 e. The summed E-state index contributed by atoms with van der Waals surface area (Å²) < 4.78 is 0. The van der Waals surface area contributed by atoms with Gasteiger partial charge in [-0.2, -0.15) is 0 Å². The Morgan fingerprint density at radius 2 is 0.531 bits per heavy atom. The Balaban J connectivity index is 1.99. The standard InChI is InChI=1S/C30H20Cl2/c31-29-26(22-15-7-2-8-16-22)25(21-13-5-1-6-14-21)27(23-17-9-3-10-18-23)30(32)28(29)24-19-11-4-12-20-24/h1-20H. The summed E-state index contributed by atoms with van der Waals surface area (Å²) in [6.07, 6.45) is 0. The second-order valence-corrected chi connectivity index (χ2v) is 8.35. The third kappa shape index (κ3) is 3.73. The van der Waals surface area contributed by atoms with E-state index in [0.717, 1.165) is 44.5 Å². The van der Waals surface area contributed by atoms with Gasteiger partial charge < -0.3 is 0 Å². The van der Waals surface area contributed by atoms with Gasteiger partial charge in [0, 0.05) is 22.3 Å². The number of halogens is 2. The maximum atomic E-state index is 7.21. The van der Waals surface area contributed by atoms with Crippen molar-refractivity contribution < 1.29 is 0 Å². The molecular weight excluding hydrogens is 431 g/mol. The molecule has 0 saturated heterocycles. The molecule has 0 spiro atoms. The Hall–Kier alpha value is -3.32. The van der Waals surface area contributed by atoms with Crippen molar-refractivity contribution in [3.05, 3.63) is 131 Å². The molecule has 5 aromatic carbocycles. The molecule has 0 aromatic heterocycles. The zero-order chi connectivity index (χ0) is 21.9. The quantitative estimate of drug-likeness (QED) is 0.255. The van der Waals surface area contributed by atoms with Crippen molar-refractivity contribution in [3.63, 3.8) is 0 Å². The average molecular weight is 451 g/mol. The van der Waals surface area contributed by atoms with Crippen molar-refractivity contribution in [2.45, 2.75) is 0 Å². The Bertz CT molecular complexity index is 1280. The molecule has 0 aliphatic heterocycles. The second kappa shape index (κ2) is 9.04. The monoisotopic (exact) mass is 450 g/mol. The highest BCUT2D eigenvalue weighted by atomic mass is 35.5. The average Bonchev–Trinajstić information content (AvgIpc) is 2.86. The number of hydrogen-bond donors (Lipinski definition) is 0. The topological polar surface area (TPSA) is 0 Å². The molecule has 2 heteroatoms. The lowest BCUT2D eigenvalue weighted by Crippen LogP contribution is -1.97. The largest absolute Gasteiger partial charge is 0.0829 e. The lowest BCUT2D eigenvalue weighted by Gasteiger charge is -2.23. The van der Waals surface area contributed by atoms with Crippen LogP contribution in [0.5, 0.6) is 0 Å². The van der Waals surface area contributed by atoms with E-state index in [1.165, 1.54) is 0 Å². The van der Waals surface area contributed by atoms with Crippen molar-refractivity contribution in [2.24, 2.45) is 0 Å². The summed E-state index contributed by atoms with van der Waals surface area (Å²) in [5.74, 6) is 0. The van der Waals surface area contributed by atoms with Crippen LogP contribution in [-0.2, 0) is 0 Å². The predicted octanol–water partition coefficient (Wildman–Crippen LogP) is 9.66. The molecule has 0 fully saturated rings. The smallest absolute Gasteiger partial charge is 0.0584 e. The predicted molar refractivity (Wildman–Crippen MR) is 138 cm³/mol. The summed E-state index contributed by atoms with van der Waals surface area (Å²) in [4.78, 5) is 0. The molecule has 0 unspecified atom stereocenters. The molecule has 0 aliphatic carbocycles. The normalized spacial score (nSPS) is 10.8. The Morgan fingerprint density at radius 1 is 0.281 bits per heavy atom. The lowest BCUT2D eigenvalue weighted by molar-refractivity contribution is 1.54. The minimum absolute atomic E-state index is 0.658. The van der Waals surface area contributed by atoms with Crippen LogP contribution < -0.4 is 0 Å². The summed E-state index contributed by atoms with van der Waals surface area (Å²) in [6.45, 7) is 0. The third-order valence-electron chi connectivity index (χ3n) is 5.63. The van der Waals surface area contributed by atoms with Crippen LogP contribution in [0.2, 0.25) is 10.0 Å². The van der Waals surface area contributed by atoms with Gasteiger partial charge in [-0.1, -0.05) is 145 Å². The van der Waals surface area contributed by atoms with Gasteiger partial charge >= 0.3 is 0 Å². The van der Waals surface area contributed by atoms with E-state index in [4.69, 9.17) is 23.2 Å². The van der Waals surface area contributed by atoms with Crippen LogP contribution in [0.25, 0.3) is 44.5 Å². The van der Waals surface area contributed by atoms with Gasteiger partial charge in [0.15, 0.2) is 0 Å². The molecule has 0 N–H and O–H groups in total. The molecule has 0 radical (unpaired) electrons. The first-order valence-corrected chi connectivity index (χ1v) is 11.3. The van der Waals surface area contributed by atoms with Crippen molar-refractivity contribution in [1.82, 2.24) is 0 Å². The molecule has 0 bridgehead atoms. The van der Waals surface area contributed by atoms with E-state index in [2.05, 4.69) is 48.5 Å². The molecule has 0 amide bonds. The zero-order valence-corrected chi connectivity index (χ0v) is 18.8. The van der Waals surface area contributed by atoms with Gasteiger partial charge in [-0.05, 0) is 22.3 Å². The first kappa shape index (κ1) is 20.6. The van der Waals surface area contributed by atoms with Crippen molar-refractivity contribution >= 4 is 23.2 Å². The van der Waals surface area contributed by atoms with Crippen LogP contribution in [0.4, 0.5) is 0 Å². The van der Waals surface area contributed by atoms with Crippen LogP contribution in [0, 0.1) is 0 Å². The van der Waals surface area contributed by atoms with Gasteiger partial charge in [0.05, 0.1) is 10.0 Å². The maximum Gasteiger partial charge on any atom is 0.0584 e. The lowest BCUT2D eigenvalue weighted by atomic mass is 9.84. The van der Waals surface area contributed by atoms with Crippen molar-refractivity contribution in [1.29, 1.82) is 0 Å².